The number of ether oxygens (including phenoxy) is 5. The molecular formula is C20H24N2O7. The van der Waals surface area contributed by atoms with E-state index < -0.39 is 0 Å². The molecule has 0 radical (unpaired) electrons. The zero-order chi connectivity index (χ0) is 20.6. The summed E-state index contributed by atoms with van der Waals surface area (Å²) in [6.45, 7) is 1.99. The van der Waals surface area contributed by atoms with Crippen molar-refractivity contribution in [2.75, 3.05) is 39.6 Å². The standard InChI is InChI=1S/C20H24N2O7/c23-19(28-17-1-7-21-8-2-17)5-11-25-13-15-27-16-14-26-12-6-20(24)29-18-3-9-22-10-4-18/h1-4,7-10H,5-6,11-16H2. The Kier molecular flexibility index (Phi) is 10.9. The fourth-order valence-corrected chi connectivity index (χ4v) is 2.03. The second-order valence-electron chi connectivity index (χ2n) is 5.65. The molecule has 0 aliphatic heterocycles. The van der Waals surface area contributed by atoms with Gasteiger partial charge in [0.05, 0.1) is 52.5 Å². The maximum Gasteiger partial charge on any atom is 0.313 e. The Balaban J connectivity index is 1.35. The second-order valence-corrected chi connectivity index (χ2v) is 5.65. The number of nitrogens with zero attached hydrogens (tertiary/aromatic N) is 2. The average Bonchev–Trinajstić information content (AvgIpc) is 2.73. The molecule has 9 heteroatoms. The highest BCUT2D eigenvalue weighted by Crippen LogP contribution is 2.08. The monoisotopic (exact) mass is 404 g/mol. The molecule has 0 spiro atoms. The first-order valence-corrected chi connectivity index (χ1v) is 9.18. The van der Waals surface area contributed by atoms with Crippen molar-refractivity contribution < 1.29 is 33.3 Å². The van der Waals surface area contributed by atoms with Gasteiger partial charge < -0.3 is 23.7 Å². The van der Waals surface area contributed by atoms with Gasteiger partial charge in [-0.2, -0.15) is 0 Å². The number of carbonyl (C=O) groups is 2. The van der Waals surface area contributed by atoms with Crippen molar-refractivity contribution in [3.05, 3.63) is 49.1 Å². The molecule has 156 valence electrons. The van der Waals surface area contributed by atoms with E-state index >= 15 is 0 Å². The quantitative estimate of drug-likeness (QED) is 0.344. The Bertz CT molecular complexity index is 652. The van der Waals surface area contributed by atoms with Crippen LogP contribution in [-0.4, -0.2) is 61.5 Å². The number of rotatable bonds is 14. The lowest BCUT2D eigenvalue weighted by Gasteiger charge is -2.07. The fraction of sp³-hybridized carbons (Fsp3) is 0.400. The van der Waals surface area contributed by atoms with Gasteiger partial charge in [-0.25, -0.2) is 0 Å². The summed E-state index contributed by atoms with van der Waals surface area (Å²) in [6.07, 6.45) is 6.51. The summed E-state index contributed by atoms with van der Waals surface area (Å²) >= 11 is 0. The van der Waals surface area contributed by atoms with Gasteiger partial charge >= 0.3 is 11.9 Å². The largest absolute Gasteiger partial charge is 0.426 e. The summed E-state index contributed by atoms with van der Waals surface area (Å²) in [5.41, 5.74) is 0. The van der Waals surface area contributed by atoms with Gasteiger partial charge in [-0.15, -0.1) is 0 Å². The fourth-order valence-electron chi connectivity index (χ4n) is 2.03. The van der Waals surface area contributed by atoms with Crippen LogP contribution in [-0.2, 0) is 23.8 Å². The van der Waals surface area contributed by atoms with Crippen LogP contribution in [0.15, 0.2) is 49.1 Å². The Hall–Kier alpha value is -2.88. The van der Waals surface area contributed by atoms with Crippen LogP contribution in [0.4, 0.5) is 0 Å². The van der Waals surface area contributed by atoms with E-state index in [2.05, 4.69) is 9.97 Å². The molecule has 0 aromatic carbocycles. The SMILES string of the molecule is O=C(CCOCCOCCOCCC(=O)Oc1ccncc1)Oc1ccncc1. The van der Waals surface area contributed by atoms with E-state index in [1.54, 1.807) is 49.1 Å². The molecule has 2 rings (SSSR count). The maximum absolute atomic E-state index is 11.6. The smallest absolute Gasteiger partial charge is 0.313 e. The Labute approximate surface area is 168 Å². The van der Waals surface area contributed by atoms with Crippen molar-refractivity contribution in [3.63, 3.8) is 0 Å². The Morgan fingerprint density at radius 2 is 0.931 bits per heavy atom. The minimum Gasteiger partial charge on any atom is -0.426 e. The Morgan fingerprint density at radius 3 is 1.31 bits per heavy atom. The number of hydrogen-bond donors (Lipinski definition) is 0. The van der Waals surface area contributed by atoms with E-state index in [9.17, 15) is 9.59 Å². The van der Waals surface area contributed by atoms with Crippen LogP contribution in [0.3, 0.4) is 0 Å². The van der Waals surface area contributed by atoms with Crippen LogP contribution in [0.1, 0.15) is 12.8 Å². The van der Waals surface area contributed by atoms with Gasteiger partial charge in [-0.05, 0) is 24.3 Å². The molecule has 0 amide bonds. The first kappa shape index (κ1) is 22.4. The number of hydrogen-bond acceptors (Lipinski definition) is 9. The minimum absolute atomic E-state index is 0.154. The maximum atomic E-state index is 11.6. The molecule has 2 aromatic rings. The summed E-state index contributed by atoms with van der Waals surface area (Å²) in [5.74, 6) is 0.180. The normalized spacial score (nSPS) is 10.5. The van der Waals surface area contributed by atoms with E-state index in [4.69, 9.17) is 23.7 Å². The molecule has 0 saturated heterocycles. The van der Waals surface area contributed by atoms with Gasteiger partial charge in [0.15, 0.2) is 0 Å². The third-order valence-electron chi connectivity index (χ3n) is 3.41. The van der Waals surface area contributed by atoms with Gasteiger partial charge in [-0.3, -0.25) is 19.6 Å². The summed E-state index contributed by atoms with van der Waals surface area (Å²) < 4.78 is 26.2. The lowest BCUT2D eigenvalue weighted by atomic mass is 10.4. The molecule has 0 fully saturated rings. The van der Waals surface area contributed by atoms with Crippen molar-refractivity contribution in [1.29, 1.82) is 0 Å². The average molecular weight is 404 g/mol. The summed E-state index contributed by atoms with van der Waals surface area (Å²) in [4.78, 5) is 30.9. The second kappa shape index (κ2) is 14.2. The lowest BCUT2D eigenvalue weighted by Crippen LogP contribution is -2.15. The lowest BCUT2D eigenvalue weighted by molar-refractivity contribution is -0.136. The molecule has 0 atom stereocenters. The molecule has 2 heterocycles. The van der Waals surface area contributed by atoms with Crippen LogP contribution in [0.5, 0.6) is 11.5 Å². The van der Waals surface area contributed by atoms with Gasteiger partial charge in [-0.1, -0.05) is 0 Å². The molecule has 0 saturated carbocycles. The third-order valence-corrected chi connectivity index (χ3v) is 3.41. The number of esters is 2. The molecule has 0 bridgehead atoms. The molecule has 2 aromatic heterocycles. The van der Waals surface area contributed by atoms with Crippen molar-refractivity contribution in [1.82, 2.24) is 9.97 Å². The van der Waals surface area contributed by atoms with E-state index in [0.717, 1.165) is 0 Å². The van der Waals surface area contributed by atoms with Gasteiger partial charge in [0.2, 0.25) is 0 Å². The van der Waals surface area contributed by atoms with Crippen LogP contribution in [0.25, 0.3) is 0 Å². The van der Waals surface area contributed by atoms with Crippen LogP contribution >= 0.6 is 0 Å². The highest BCUT2D eigenvalue weighted by molar-refractivity contribution is 5.72. The van der Waals surface area contributed by atoms with Crippen LogP contribution < -0.4 is 9.47 Å². The molecule has 0 aliphatic carbocycles. The summed E-state index contributed by atoms with van der Waals surface area (Å²) in [7, 11) is 0. The van der Waals surface area contributed by atoms with Crippen molar-refractivity contribution in [2.45, 2.75) is 12.8 Å². The van der Waals surface area contributed by atoms with Gasteiger partial charge in [0.25, 0.3) is 0 Å². The third kappa shape index (κ3) is 10.9. The van der Waals surface area contributed by atoms with Gasteiger partial charge in [0.1, 0.15) is 11.5 Å². The Morgan fingerprint density at radius 1 is 0.586 bits per heavy atom. The molecule has 9 nitrogen and oxygen atoms in total. The highest BCUT2D eigenvalue weighted by atomic mass is 16.6. The molecule has 0 unspecified atom stereocenters. The molecular weight excluding hydrogens is 380 g/mol. The van der Waals surface area contributed by atoms with E-state index in [0.29, 0.717) is 37.9 Å². The van der Waals surface area contributed by atoms with E-state index in [-0.39, 0.29) is 38.0 Å². The molecule has 0 aliphatic rings. The van der Waals surface area contributed by atoms with E-state index in [1.807, 2.05) is 0 Å². The predicted octanol–water partition coefficient (Wildman–Crippen LogP) is 1.82. The van der Waals surface area contributed by atoms with Crippen LogP contribution in [0.2, 0.25) is 0 Å². The molecule has 29 heavy (non-hydrogen) atoms. The summed E-state index contributed by atoms with van der Waals surface area (Å²) in [5, 5.41) is 0. The van der Waals surface area contributed by atoms with Crippen LogP contribution in [0, 0.1) is 0 Å². The molecule has 0 N–H and O–H groups in total. The number of pyridine rings is 2. The minimum atomic E-state index is -0.368. The van der Waals surface area contributed by atoms with Gasteiger partial charge in [0, 0.05) is 24.8 Å². The predicted molar refractivity (Wildman–Crippen MR) is 101 cm³/mol. The topological polar surface area (TPSA) is 106 Å². The van der Waals surface area contributed by atoms with Crippen molar-refractivity contribution in [3.8, 4) is 11.5 Å². The van der Waals surface area contributed by atoms with E-state index in [1.165, 1.54) is 0 Å². The summed E-state index contributed by atoms with van der Waals surface area (Å²) in [6, 6.07) is 6.44. The number of carbonyl (C=O) groups excluding carboxylic acids is 2. The number of aromatic nitrogens is 2. The van der Waals surface area contributed by atoms with Crippen molar-refractivity contribution in [2.24, 2.45) is 0 Å². The first-order chi connectivity index (χ1) is 14.2. The first-order valence-electron chi connectivity index (χ1n) is 9.18. The zero-order valence-corrected chi connectivity index (χ0v) is 16.0. The zero-order valence-electron chi connectivity index (χ0n) is 16.0. The van der Waals surface area contributed by atoms with Crippen molar-refractivity contribution >= 4 is 11.9 Å². The highest BCUT2D eigenvalue weighted by Gasteiger charge is 2.05.